The molecule has 6 heteroatoms. The van der Waals surface area contributed by atoms with E-state index in [-0.39, 0.29) is 11.7 Å². The Balaban J connectivity index is 2.59. The minimum absolute atomic E-state index is 0.235. The molecule has 0 unspecified atom stereocenters. The lowest BCUT2D eigenvalue weighted by Crippen LogP contribution is -2.07. The van der Waals surface area contributed by atoms with E-state index in [4.69, 9.17) is 0 Å². The van der Waals surface area contributed by atoms with Gasteiger partial charge in [-0.25, -0.2) is 14.4 Å². The Labute approximate surface area is 140 Å². The SMILES string of the molecule is CCNc1nc(-c2ccc(Br)c(F)c2)nc(C(C)C)c1Br. The molecular weight excluding hydrogens is 401 g/mol. The van der Waals surface area contributed by atoms with Crippen molar-refractivity contribution in [2.75, 3.05) is 11.9 Å². The highest BCUT2D eigenvalue weighted by Crippen LogP contribution is 2.32. The molecule has 0 aliphatic carbocycles. The summed E-state index contributed by atoms with van der Waals surface area (Å²) in [6, 6.07) is 4.90. The summed E-state index contributed by atoms with van der Waals surface area (Å²) in [6.07, 6.45) is 0. The fourth-order valence-corrected chi connectivity index (χ4v) is 2.92. The second-order valence-corrected chi connectivity index (χ2v) is 6.56. The van der Waals surface area contributed by atoms with E-state index in [9.17, 15) is 4.39 Å². The predicted octanol–water partition coefficient (Wildman–Crippen LogP) is 5.36. The molecule has 1 heterocycles. The van der Waals surface area contributed by atoms with Crippen LogP contribution in [0.25, 0.3) is 11.4 Å². The number of benzene rings is 1. The van der Waals surface area contributed by atoms with Crippen molar-refractivity contribution in [2.24, 2.45) is 0 Å². The van der Waals surface area contributed by atoms with Gasteiger partial charge in [-0.3, -0.25) is 0 Å². The molecule has 0 atom stereocenters. The van der Waals surface area contributed by atoms with Crippen molar-refractivity contribution in [1.82, 2.24) is 9.97 Å². The first kappa shape index (κ1) is 16.4. The van der Waals surface area contributed by atoms with E-state index in [1.807, 2.05) is 6.92 Å². The molecule has 0 saturated carbocycles. The fourth-order valence-electron chi connectivity index (χ4n) is 1.90. The van der Waals surface area contributed by atoms with Gasteiger partial charge in [-0.15, -0.1) is 0 Å². The zero-order valence-corrected chi connectivity index (χ0v) is 15.2. The number of anilines is 1. The van der Waals surface area contributed by atoms with Gasteiger partial charge in [0.25, 0.3) is 0 Å². The van der Waals surface area contributed by atoms with E-state index in [2.05, 4.69) is 61.0 Å². The van der Waals surface area contributed by atoms with Crippen LogP contribution in [0.5, 0.6) is 0 Å². The topological polar surface area (TPSA) is 37.8 Å². The molecule has 1 aromatic carbocycles. The summed E-state index contributed by atoms with van der Waals surface area (Å²) in [5.74, 6) is 1.16. The Kier molecular flexibility index (Phi) is 5.32. The van der Waals surface area contributed by atoms with Gasteiger partial charge in [0.1, 0.15) is 11.6 Å². The molecule has 0 bridgehead atoms. The Bertz CT molecular complexity index is 660. The second kappa shape index (κ2) is 6.83. The largest absolute Gasteiger partial charge is 0.369 e. The molecule has 0 radical (unpaired) electrons. The van der Waals surface area contributed by atoms with Gasteiger partial charge in [0.2, 0.25) is 0 Å². The summed E-state index contributed by atoms with van der Waals surface area (Å²) in [7, 11) is 0. The van der Waals surface area contributed by atoms with E-state index in [0.717, 1.165) is 22.5 Å². The summed E-state index contributed by atoms with van der Waals surface area (Å²) in [5, 5.41) is 3.21. The van der Waals surface area contributed by atoms with Crippen molar-refractivity contribution < 1.29 is 4.39 Å². The zero-order chi connectivity index (χ0) is 15.6. The van der Waals surface area contributed by atoms with Crippen molar-refractivity contribution in [3.05, 3.63) is 38.7 Å². The van der Waals surface area contributed by atoms with Crippen LogP contribution in [0.2, 0.25) is 0 Å². The minimum atomic E-state index is -0.324. The Morgan fingerprint density at radius 2 is 1.95 bits per heavy atom. The molecule has 0 aliphatic heterocycles. The third-order valence-electron chi connectivity index (χ3n) is 2.95. The highest BCUT2D eigenvalue weighted by molar-refractivity contribution is 9.11. The first-order valence-electron chi connectivity index (χ1n) is 6.70. The van der Waals surface area contributed by atoms with Gasteiger partial charge in [-0.05, 0) is 62.9 Å². The van der Waals surface area contributed by atoms with Gasteiger partial charge in [-0.2, -0.15) is 0 Å². The van der Waals surface area contributed by atoms with Crippen molar-refractivity contribution >= 4 is 37.7 Å². The van der Waals surface area contributed by atoms with Gasteiger partial charge in [0, 0.05) is 12.1 Å². The number of halogens is 3. The summed E-state index contributed by atoms with van der Waals surface area (Å²) in [6.45, 7) is 6.88. The maximum Gasteiger partial charge on any atom is 0.161 e. The van der Waals surface area contributed by atoms with Crippen LogP contribution in [0, 0.1) is 5.82 Å². The predicted molar refractivity (Wildman–Crippen MR) is 91.1 cm³/mol. The van der Waals surface area contributed by atoms with Crippen LogP contribution in [-0.4, -0.2) is 16.5 Å². The maximum absolute atomic E-state index is 13.7. The smallest absolute Gasteiger partial charge is 0.161 e. The van der Waals surface area contributed by atoms with E-state index >= 15 is 0 Å². The average molecular weight is 417 g/mol. The molecule has 0 saturated heterocycles. The number of rotatable bonds is 4. The first-order valence-corrected chi connectivity index (χ1v) is 8.29. The van der Waals surface area contributed by atoms with Crippen molar-refractivity contribution in [3.63, 3.8) is 0 Å². The number of nitrogens with one attached hydrogen (secondary N) is 1. The zero-order valence-electron chi connectivity index (χ0n) is 12.0. The van der Waals surface area contributed by atoms with Crippen molar-refractivity contribution in [1.29, 1.82) is 0 Å². The molecular formula is C15H16Br2FN3. The molecule has 2 aromatic rings. The molecule has 0 aliphatic rings. The van der Waals surface area contributed by atoms with Crippen LogP contribution in [0.1, 0.15) is 32.4 Å². The molecule has 3 nitrogen and oxygen atoms in total. The third kappa shape index (κ3) is 3.61. The molecule has 1 aromatic heterocycles. The highest BCUT2D eigenvalue weighted by Gasteiger charge is 2.16. The normalized spacial score (nSPS) is 11.0. The monoisotopic (exact) mass is 415 g/mol. The van der Waals surface area contributed by atoms with Crippen molar-refractivity contribution in [3.8, 4) is 11.4 Å². The van der Waals surface area contributed by atoms with E-state index < -0.39 is 0 Å². The number of nitrogens with zero attached hydrogens (tertiary/aromatic N) is 2. The molecule has 21 heavy (non-hydrogen) atoms. The Morgan fingerprint density at radius 1 is 1.24 bits per heavy atom. The van der Waals surface area contributed by atoms with Crippen LogP contribution < -0.4 is 5.32 Å². The quantitative estimate of drug-likeness (QED) is 0.728. The van der Waals surface area contributed by atoms with Crippen LogP contribution in [0.15, 0.2) is 27.1 Å². The summed E-state index contributed by atoms with van der Waals surface area (Å²) >= 11 is 6.70. The van der Waals surface area contributed by atoms with Gasteiger partial charge in [-0.1, -0.05) is 13.8 Å². The van der Waals surface area contributed by atoms with Crippen LogP contribution in [0.4, 0.5) is 10.2 Å². The van der Waals surface area contributed by atoms with Crippen LogP contribution in [-0.2, 0) is 0 Å². The molecule has 0 spiro atoms. The average Bonchev–Trinajstić information content (AvgIpc) is 2.44. The Hall–Kier alpha value is -1.01. The number of aromatic nitrogens is 2. The number of hydrogen-bond donors (Lipinski definition) is 1. The van der Waals surface area contributed by atoms with Crippen molar-refractivity contribution in [2.45, 2.75) is 26.7 Å². The lowest BCUT2D eigenvalue weighted by molar-refractivity contribution is 0.621. The van der Waals surface area contributed by atoms with Gasteiger partial charge in [0.15, 0.2) is 5.82 Å². The van der Waals surface area contributed by atoms with Crippen LogP contribution in [0.3, 0.4) is 0 Å². The number of hydrogen-bond acceptors (Lipinski definition) is 3. The first-order chi connectivity index (χ1) is 9.93. The maximum atomic E-state index is 13.7. The fraction of sp³-hybridized carbons (Fsp3) is 0.333. The molecule has 112 valence electrons. The van der Waals surface area contributed by atoms with Gasteiger partial charge >= 0.3 is 0 Å². The van der Waals surface area contributed by atoms with Gasteiger partial charge in [0.05, 0.1) is 14.6 Å². The second-order valence-electron chi connectivity index (χ2n) is 4.91. The highest BCUT2D eigenvalue weighted by atomic mass is 79.9. The van der Waals surface area contributed by atoms with Gasteiger partial charge < -0.3 is 5.32 Å². The molecule has 1 N–H and O–H groups in total. The Morgan fingerprint density at radius 3 is 2.52 bits per heavy atom. The summed E-state index contributed by atoms with van der Waals surface area (Å²) in [4.78, 5) is 9.07. The molecule has 0 amide bonds. The minimum Gasteiger partial charge on any atom is -0.369 e. The van der Waals surface area contributed by atoms with Crippen LogP contribution >= 0.6 is 31.9 Å². The lowest BCUT2D eigenvalue weighted by Gasteiger charge is -2.14. The summed E-state index contributed by atoms with van der Waals surface area (Å²) in [5.41, 5.74) is 1.56. The molecule has 2 rings (SSSR count). The third-order valence-corrected chi connectivity index (χ3v) is 4.37. The molecule has 0 fully saturated rings. The van der Waals surface area contributed by atoms with E-state index in [1.54, 1.807) is 12.1 Å². The van der Waals surface area contributed by atoms with E-state index in [0.29, 0.717) is 15.9 Å². The summed E-state index contributed by atoms with van der Waals surface area (Å²) < 4.78 is 15.0. The van der Waals surface area contributed by atoms with E-state index in [1.165, 1.54) is 6.07 Å². The standard InChI is InChI=1S/C15H16Br2FN3/c1-4-19-15-12(17)13(8(2)3)20-14(21-15)9-5-6-10(16)11(18)7-9/h5-8H,4H2,1-3H3,(H,19,20,21). The lowest BCUT2D eigenvalue weighted by atomic mass is 10.1.